The number of aliphatic hydroxyl groups excluding tert-OH is 1. The van der Waals surface area contributed by atoms with Gasteiger partial charge in [0.1, 0.15) is 0 Å². The van der Waals surface area contributed by atoms with Crippen LogP contribution in [-0.2, 0) is 9.59 Å². The van der Waals surface area contributed by atoms with Crippen molar-refractivity contribution >= 4 is 11.8 Å². The number of amides is 2. The number of hydrogen-bond acceptors (Lipinski definition) is 3. The number of aliphatic hydroxyl groups is 1. The Hall–Kier alpha value is -1.10. The predicted octanol–water partition coefficient (Wildman–Crippen LogP) is 1.06. The van der Waals surface area contributed by atoms with Gasteiger partial charge in [0.25, 0.3) is 0 Å². The van der Waals surface area contributed by atoms with E-state index in [1.165, 1.54) is 6.42 Å². The Morgan fingerprint density at radius 1 is 1.25 bits per heavy atom. The van der Waals surface area contributed by atoms with Gasteiger partial charge in [-0.3, -0.25) is 9.59 Å². The third-order valence-corrected chi connectivity index (χ3v) is 4.74. The van der Waals surface area contributed by atoms with Crippen LogP contribution in [0.2, 0.25) is 0 Å². The maximum Gasteiger partial charge on any atom is 0.225 e. The summed E-state index contributed by atoms with van der Waals surface area (Å²) < 4.78 is 0. The van der Waals surface area contributed by atoms with E-state index in [-0.39, 0.29) is 24.3 Å². The third kappa shape index (κ3) is 3.51. The van der Waals surface area contributed by atoms with Gasteiger partial charge in [0.2, 0.25) is 11.8 Å². The molecular weight excluding hydrogens is 256 g/mol. The lowest BCUT2D eigenvalue weighted by Crippen LogP contribution is -2.56. The van der Waals surface area contributed by atoms with E-state index >= 15 is 0 Å². The van der Waals surface area contributed by atoms with E-state index in [2.05, 4.69) is 5.32 Å². The summed E-state index contributed by atoms with van der Waals surface area (Å²) >= 11 is 0. The summed E-state index contributed by atoms with van der Waals surface area (Å²) in [5.41, 5.74) is -0.423. The minimum absolute atomic E-state index is 0.00639. The topological polar surface area (TPSA) is 69.6 Å². The van der Waals surface area contributed by atoms with Crippen molar-refractivity contribution in [3.8, 4) is 0 Å². The average Bonchev–Trinajstić information content (AvgIpc) is 2.48. The first-order valence-electron chi connectivity index (χ1n) is 7.75. The fourth-order valence-corrected chi connectivity index (χ4v) is 3.39. The first-order chi connectivity index (χ1) is 9.56. The Labute approximate surface area is 120 Å². The summed E-state index contributed by atoms with van der Waals surface area (Å²) in [6.45, 7) is 2.84. The molecule has 2 N–H and O–H groups in total. The summed E-state index contributed by atoms with van der Waals surface area (Å²) in [6.07, 6.45) is 6.73. The molecule has 1 saturated carbocycles. The molecule has 0 aromatic rings. The monoisotopic (exact) mass is 282 g/mol. The second kappa shape index (κ2) is 6.57. The first kappa shape index (κ1) is 15.3. The van der Waals surface area contributed by atoms with Crippen LogP contribution in [0.3, 0.4) is 0 Å². The minimum atomic E-state index is -0.423. The molecule has 2 fully saturated rings. The summed E-state index contributed by atoms with van der Waals surface area (Å²) in [5, 5.41) is 12.7. The molecule has 0 spiro atoms. The second-order valence-electron chi connectivity index (χ2n) is 6.29. The van der Waals surface area contributed by atoms with Crippen molar-refractivity contribution in [3.63, 3.8) is 0 Å². The number of nitrogens with one attached hydrogen (secondary N) is 1. The predicted molar refractivity (Wildman–Crippen MR) is 76.0 cm³/mol. The molecular formula is C15H26N2O3. The van der Waals surface area contributed by atoms with Crippen LogP contribution in [0.1, 0.15) is 51.9 Å². The lowest BCUT2D eigenvalue weighted by Gasteiger charge is -2.39. The second-order valence-corrected chi connectivity index (χ2v) is 6.29. The number of carbonyl (C=O) groups is 2. The zero-order valence-corrected chi connectivity index (χ0v) is 12.4. The van der Waals surface area contributed by atoms with Crippen LogP contribution in [-0.4, -0.2) is 47.1 Å². The van der Waals surface area contributed by atoms with Gasteiger partial charge in [-0.15, -0.1) is 0 Å². The molecule has 0 bridgehead atoms. The van der Waals surface area contributed by atoms with E-state index in [4.69, 9.17) is 0 Å². The zero-order chi connectivity index (χ0) is 14.6. The van der Waals surface area contributed by atoms with Crippen molar-refractivity contribution in [3.05, 3.63) is 0 Å². The first-order valence-corrected chi connectivity index (χ1v) is 7.75. The molecule has 0 aromatic carbocycles. The van der Waals surface area contributed by atoms with E-state index < -0.39 is 5.54 Å². The molecule has 1 heterocycles. The lowest BCUT2D eigenvalue weighted by molar-refractivity contribution is -0.135. The van der Waals surface area contributed by atoms with Crippen molar-refractivity contribution in [2.24, 2.45) is 5.92 Å². The molecule has 5 heteroatoms. The van der Waals surface area contributed by atoms with Crippen molar-refractivity contribution < 1.29 is 14.7 Å². The van der Waals surface area contributed by atoms with Crippen LogP contribution in [0.4, 0.5) is 0 Å². The molecule has 2 rings (SSSR count). The molecule has 1 aliphatic heterocycles. The largest absolute Gasteiger partial charge is 0.394 e. The lowest BCUT2D eigenvalue weighted by atomic mass is 9.81. The van der Waals surface area contributed by atoms with Gasteiger partial charge in [-0.1, -0.05) is 19.3 Å². The van der Waals surface area contributed by atoms with Gasteiger partial charge in [-0.25, -0.2) is 0 Å². The molecule has 0 aromatic heterocycles. The van der Waals surface area contributed by atoms with Crippen molar-refractivity contribution in [1.82, 2.24) is 10.2 Å². The summed E-state index contributed by atoms with van der Waals surface area (Å²) in [7, 11) is 0. The molecule has 20 heavy (non-hydrogen) atoms. The van der Waals surface area contributed by atoms with E-state index in [1.54, 1.807) is 11.8 Å². The van der Waals surface area contributed by atoms with Crippen molar-refractivity contribution in [2.45, 2.75) is 57.4 Å². The maximum absolute atomic E-state index is 12.4. The van der Waals surface area contributed by atoms with Gasteiger partial charge in [0, 0.05) is 20.0 Å². The fraction of sp³-hybridized carbons (Fsp3) is 0.867. The van der Waals surface area contributed by atoms with Crippen LogP contribution >= 0.6 is 0 Å². The number of likely N-dealkylation sites (tertiary alicyclic amines) is 1. The maximum atomic E-state index is 12.4. The molecule has 1 atom stereocenters. The minimum Gasteiger partial charge on any atom is -0.394 e. The van der Waals surface area contributed by atoms with Gasteiger partial charge in [0.05, 0.1) is 18.1 Å². The third-order valence-electron chi connectivity index (χ3n) is 4.74. The number of rotatable bonds is 3. The molecule has 5 nitrogen and oxygen atoms in total. The van der Waals surface area contributed by atoms with Crippen molar-refractivity contribution in [2.75, 3.05) is 19.7 Å². The summed E-state index contributed by atoms with van der Waals surface area (Å²) in [6, 6.07) is 0. The van der Waals surface area contributed by atoms with Crippen molar-refractivity contribution in [1.29, 1.82) is 0 Å². The quantitative estimate of drug-likeness (QED) is 0.813. The number of carbonyl (C=O) groups excluding carboxylic acids is 2. The van der Waals surface area contributed by atoms with Crippen LogP contribution < -0.4 is 5.32 Å². The van der Waals surface area contributed by atoms with Gasteiger partial charge in [-0.2, -0.15) is 0 Å². The van der Waals surface area contributed by atoms with Gasteiger partial charge in [-0.05, 0) is 25.7 Å². The Kier molecular flexibility index (Phi) is 5.02. The Morgan fingerprint density at radius 3 is 2.55 bits per heavy atom. The SMILES string of the molecule is CC(=O)N1CCCC(C(=O)NC2(CO)CCCCC2)C1. The van der Waals surface area contributed by atoms with E-state index in [0.717, 1.165) is 45.1 Å². The van der Waals surface area contributed by atoms with Gasteiger partial charge in [0.15, 0.2) is 0 Å². The van der Waals surface area contributed by atoms with Crippen LogP contribution in [0.15, 0.2) is 0 Å². The number of piperidine rings is 1. The highest BCUT2D eigenvalue weighted by atomic mass is 16.3. The van der Waals surface area contributed by atoms with Crippen LogP contribution in [0.5, 0.6) is 0 Å². The number of hydrogen-bond donors (Lipinski definition) is 2. The normalized spacial score (nSPS) is 26.1. The average molecular weight is 282 g/mol. The Balaban J connectivity index is 1.94. The van der Waals surface area contributed by atoms with E-state index in [0.29, 0.717) is 6.54 Å². The molecule has 1 aliphatic carbocycles. The molecule has 2 aliphatic rings. The molecule has 0 radical (unpaired) electrons. The number of nitrogens with zero attached hydrogens (tertiary/aromatic N) is 1. The van der Waals surface area contributed by atoms with Crippen LogP contribution in [0.25, 0.3) is 0 Å². The molecule has 1 saturated heterocycles. The highest BCUT2D eigenvalue weighted by Gasteiger charge is 2.36. The Bertz CT molecular complexity index is 364. The molecule has 2 amide bonds. The highest BCUT2D eigenvalue weighted by Crippen LogP contribution is 2.28. The highest BCUT2D eigenvalue weighted by molar-refractivity contribution is 5.81. The summed E-state index contributed by atoms with van der Waals surface area (Å²) in [5.74, 6) is -0.0815. The smallest absolute Gasteiger partial charge is 0.225 e. The van der Waals surface area contributed by atoms with E-state index in [9.17, 15) is 14.7 Å². The fourth-order valence-electron chi connectivity index (χ4n) is 3.39. The Morgan fingerprint density at radius 2 is 1.95 bits per heavy atom. The van der Waals surface area contributed by atoms with E-state index in [1.807, 2.05) is 0 Å². The van der Waals surface area contributed by atoms with Gasteiger partial charge < -0.3 is 15.3 Å². The summed E-state index contributed by atoms with van der Waals surface area (Å²) in [4.78, 5) is 25.6. The van der Waals surface area contributed by atoms with Gasteiger partial charge >= 0.3 is 0 Å². The zero-order valence-electron chi connectivity index (χ0n) is 12.4. The molecule has 1 unspecified atom stereocenters. The van der Waals surface area contributed by atoms with Crippen LogP contribution in [0, 0.1) is 5.92 Å². The standard InChI is InChI=1S/C15H26N2O3/c1-12(19)17-9-5-6-13(10-17)14(20)16-15(11-18)7-3-2-4-8-15/h13,18H,2-11H2,1H3,(H,16,20). The molecule has 114 valence electrons.